The lowest BCUT2D eigenvalue weighted by Crippen LogP contribution is -2.69. The summed E-state index contributed by atoms with van der Waals surface area (Å²) < 4.78 is 107. The van der Waals surface area contributed by atoms with Crippen molar-refractivity contribution in [1.82, 2.24) is 0 Å². The molecule has 0 amide bonds. The monoisotopic (exact) mass is 1380 g/mol. The Bertz CT molecular complexity index is 3600. The number of allylic oxidation sites excluding steroid dienone is 1. The summed E-state index contributed by atoms with van der Waals surface area (Å²) in [6.07, 6.45) is -11.0. The minimum Gasteiger partial charge on any atom is -0.456 e. The molecule has 0 radical (unpaired) electrons. The van der Waals surface area contributed by atoms with Crippen molar-refractivity contribution in [3.8, 4) is 0 Å². The number of hydrogen-bond donors (Lipinski definition) is 0. The molecule has 1 unspecified atom stereocenters. The highest BCUT2D eigenvalue weighted by Crippen LogP contribution is 2.71. The van der Waals surface area contributed by atoms with Gasteiger partial charge in [0.15, 0.2) is 67.6 Å². The first-order valence-electron chi connectivity index (χ1n) is 35.7. The van der Waals surface area contributed by atoms with Crippen molar-refractivity contribution in [1.29, 1.82) is 0 Å². The molecule has 100 heavy (non-hydrogen) atoms. The van der Waals surface area contributed by atoms with Gasteiger partial charge in [-0.3, -0.25) is 14.4 Å². The van der Waals surface area contributed by atoms with Crippen LogP contribution in [0.1, 0.15) is 156 Å². The Hall–Kier alpha value is -6.96. The van der Waals surface area contributed by atoms with E-state index in [0.29, 0.717) is 53.9 Å². The fourth-order valence-corrected chi connectivity index (χ4v) is 18.6. The van der Waals surface area contributed by atoms with Crippen molar-refractivity contribution in [3.63, 3.8) is 0 Å². The number of benzene rings is 4. The lowest BCUT2D eigenvalue weighted by Gasteiger charge is -2.59. The van der Waals surface area contributed by atoms with Crippen LogP contribution in [0.2, 0.25) is 0 Å². The maximum Gasteiger partial charge on any atom is 0.338 e. The summed E-state index contributed by atoms with van der Waals surface area (Å²) in [4.78, 5) is 82.8. The van der Waals surface area contributed by atoms with E-state index in [9.17, 15) is 28.8 Å². The third kappa shape index (κ3) is 13.8. The fraction of sp³-hybridized carbons (Fsp3) is 0.590. The van der Waals surface area contributed by atoms with Gasteiger partial charge >= 0.3 is 35.8 Å². The van der Waals surface area contributed by atoms with E-state index in [4.69, 9.17) is 75.8 Å². The van der Waals surface area contributed by atoms with Crippen molar-refractivity contribution in [2.75, 3.05) is 19.8 Å². The molecule has 26 atom stereocenters. The summed E-state index contributed by atoms with van der Waals surface area (Å²) in [6.45, 7) is 14.9. The highest BCUT2D eigenvalue weighted by atomic mass is 16.8. The van der Waals surface area contributed by atoms with Gasteiger partial charge in [0.2, 0.25) is 0 Å². The predicted octanol–water partition coefficient (Wildman–Crippen LogP) is 10.9. The molecule has 4 aromatic carbocycles. The number of carbonyl (C=O) groups is 6. The molecule has 536 valence electrons. The van der Waals surface area contributed by atoms with E-state index >= 15 is 0 Å². The van der Waals surface area contributed by atoms with Gasteiger partial charge < -0.3 is 75.8 Å². The van der Waals surface area contributed by atoms with Crippen LogP contribution in [-0.2, 0) is 90.2 Å². The van der Waals surface area contributed by atoms with Crippen LogP contribution in [0.5, 0.6) is 0 Å². The van der Waals surface area contributed by atoms with Gasteiger partial charge in [0, 0.05) is 38.7 Å². The minimum atomic E-state index is -1.74. The largest absolute Gasteiger partial charge is 0.456 e. The van der Waals surface area contributed by atoms with Crippen molar-refractivity contribution >= 4 is 35.8 Å². The SMILES string of the molecule is CC(=O)O[C@@H]1[C@@H](OC(C)=O)[C@H](C)O[C@@H](O[C@H]2[C@H](O[C@H]3CC[C@@]4(C)C(=CC[C@H]5[C@@H]6C[C@@H]7O[C@]8(CC[C@@H](C)CO8)[C@@H](C)[C@@H]7[C@@]6(C)CC[C@@H]54)C3)O[C@@H]3COC(c4ccccc4)O[C@@H]3[C@@H]2O[C@@H]2OC[C@H](OC(=O)c3ccccc3)[C@H](OC(=O)c3ccccc3)[C@H]2OC(=O)c2ccccc2)[C@@H]1OC(C)=O. The molecule has 14 rings (SSSR count). The second-order valence-electron chi connectivity index (χ2n) is 29.6. The van der Waals surface area contributed by atoms with E-state index < -0.39 is 147 Å². The third-order valence-electron chi connectivity index (χ3n) is 23.4. The Morgan fingerprint density at radius 2 is 1.08 bits per heavy atom. The number of fused-ring (bicyclic) bond motifs is 8. The molecular formula is C78H92O22. The lowest BCUT2D eigenvalue weighted by molar-refractivity contribution is -0.414. The molecule has 0 bridgehead atoms. The highest BCUT2D eigenvalue weighted by Gasteiger charge is 2.69. The summed E-state index contributed by atoms with van der Waals surface area (Å²) >= 11 is 0. The third-order valence-corrected chi connectivity index (χ3v) is 23.4. The zero-order valence-electron chi connectivity index (χ0n) is 57.9. The molecule has 0 aromatic heterocycles. The number of hydrogen-bond acceptors (Lipinski definition) is 22. The molecule has 1 spiro atoms. The maximum absolute atomic E-state index is 14.7. The molecule has 10 aliphatic rings. The van der Waals surface area contributed by atoms with Crippen LogP contribution in [0.4, 0.5) is 0 Å². The van der Waals surface area contributed by atoms with E-state index in [2.05, 4.69) is 33.8 Å². The number of carbonyl (C=O) groups excluding carboxylic acids is 6. The minimum absolute atomic E-state index is 0.0785. The van der Waals surface area contributed by atoms with E-state index in [1.807, 2.05) is 30.3 Å². The van der Waals surface area contributed by atoms with Crippen LogP contribution >= 0.6 is 0 Å². The average molecular weight is 1380 g/mol. The van der Waals surface area contributed by atoms with Gasteiger partial charge in [0.25, 0.3) is 0 Å². The topological polar surface area (TPSA) is 250 Å². The standard InChI is InChI=1S/C78H92O22/c1-42-31-36-78(87-39-42)43(2)60-57(100-78)38-56-54-30-29-52-37-53(32-34-76(52,7)55(54)33-35-77(56,60)8)92-75-68(99-74-67(91-47(6)81)64(90-46(5)80)61(44(3)88-74)89-45(4)79)65(62-59(94-75)41-85-72(97-62)51-27-19-12-20-28-51)98-73-66(96-71(84)50-25-17-11-18-26-50)63(95-70(83)49-23-15-10-16-24-49)58(40-86-73)93-69(82)48-21-13-9-14-22-48/h9-29,42-44,53-68,72-75H,30-41H2,1-8H3/t42-,43+,44+,53+,54-,55+,56+,57+,58+,59-,60+,61+,62+,63+,64-,65+,66-,67-,68-,72?,73+,74+,75-,76+,77+,78-/m1/s1. The van der Waals surface area contributed by atoms with Crippen LogP contribution < -0.4 is 0 Å². The summed E-state index contributed by atoms with van der Waals surface area (Å²) in [6, 6.07) is 33.7. The van der Waals surface area contributed by atoms with Crippen LogP contribution in [0.25, 0.3) is 0 Å². The van der Waals surface area contributed by atoms with Gasteiger partial charge in [0.05, 0.1) is 54.8 Å². The van der Waals surface area contributed by atoms with Gasteiger partial charge in [-0.05, 0) is 135 Å². The zero-order chi connectivity index (χ0) is 69.8. The van der Waals surface area contributed by atoms with E-state index in [0.717, 1.165) is 58.5 Å². The quantitative estimate of drug-likeness (QED) is 0.0574. The van der Waals surface area contributed by atoms with Crippen LogP contribution in [0.15, 0.2) is 133 Å². The molecule has 9 fully saturated rings. The van der Waals surface area contributed by atoms with E-state index in [-0.39, 0.29) is 40.2 Å². The van der Waals surface area contributed by atoms with Gasteiger partial charge in [-0.15, -0.1) is 0 Å². The second kappa shape index (κ2) is 29.1. The fourth-order valence-electron chi connectivity index (χ4n) is 18.6. The number of rotatable bonds is 16. The van der Waals surface area contributed by atoms with Gasteiger partial charge in [-0.2, -0.15) is 0 Å². The average Bonchev–Trinajstić information content (AvgIpc) is 1.50. The van der Waals surface area contributed by atoms with Crippen LogP contribution in [0.3, 0.4) is 0 Å². The summed E-state index contributed by atoms with van der Waals surface area (Å²) in [5, 5.41) is 0. The molecule has 6 heterocycles. The van der Waals surface area contributed by atoms with Crippen LogP contribution in [0, 0.1) is 46.3 Å². The molecule has 22 nitrogen and oxygen atoms in total. The van der Waals surface area contributed by atoms with Crippen molar-refractivity contribution in [2.24, 2.45) is 46.3 Å². The first-order chi connectivity index (χ1) is 48.2. The van der Waals surface area contributed by atoms with Gasteiger partial charge in [-0.1, -0.05) is 124 Å². The lowest BCUT2D eigenvalue weighted by atomic mass is 9.47. The first kappa shape index (κ1) is 70.1. The molecule has 22 heteroatoms. The summed E-state index contributed by atoms with van der Waals surface area (Å²) in [7, 11) is 0. The zero-order valence-corrected chi connectivity index (χ0v) is 57.9. The van der Waals surface area contributed by atoms with Gasteiger partial charge in [-0.25, -0.2) is 14.4 Å². The van der Waals surface area contributed by atoms with Crippen LogP contribution in [-0.4, -0.2) is 160 Å². The van der Waals surface area contributed by atoms with E-state index in [1.165, 1.54) is 19.4 Å². The molecule has 4 aliphatic carbocycles. The van der Waals surface area contributed by atoms with Crippen molar-refractivity contribution in [3.05, 3.63) is 155 Å². The summed E-state index contributed by atoms with van der Waals surface area (Å²) in [5.41, 5.74) is 2.36. The normalized spacial score (nSPS) is 40.3. The molecular weight excluding hydrogens is 1290 g/mol. The Balaban J connectivity index is 0.832. The van der Waals surface area contributed by atoms with Crippen molar-refractivity contribution < 1.29 is 105 Å². The molecule has 0 N–H and O–H groups in total. The predicted molar refractivity (Wildman–Crippen MR) is 353 cm³/mol. The summed E-state index contributed by atoms with van der Waals surface area (Å²) in [5.74, 6) is -2.71. The Morgan fingerprint density at radius 1 is 0.500 bits per heavy atom. The van der Waals surface area contributed by atoms with Crippen molar-refractivity contribution in [2.45, 2.75) is 223 Å². The smallest absolute Gasteiger partial charge is 0.338 e. The number of esters is 6. The molecule has 3 saturated carbocycles. The van der Waals surface area contributed by atoms with E-state index in [1.54, 1.807) is 97.9 Å². The maximum atomic E-state index is 14.7. The highest BCUT2D eigenvalue weighted by molar-refractivity contribution is 5.91. The Labute approximate surface area is 582 Å². The molecule has 6 aliphatic heterocycles. The first-order valence-corrected chi connectivity index (χ1v) is 35.7. The molecule has 4 aromatic rings. The second-order valence-corrected chi connectivity index (χ2v) is 29.6. The Morgan fingerprint density at radius 3 is 1.71 bits per heavy atom. The Kier molecular flexibility index (Phi) is 20.4. The molecule has 6 saturated heterocycles. The van der Waals surface area contributed by atoms with Gasteiger partial charge in [0.1, 0.15) is 24.4 Å². The number of ether oxygens (including phenoxy) is 16.